The number of benzene rings is 2. The van der Waals surface area contributed by atoms with Gasteiger partial charge in [-0.1, -0.05) is 51.3 Å². The summed E-state index contributed by atoms with van der Waals surface area (Å²) in [5.74, 6) is 0.368. The molecule has 0 heterocycles. The lowest BCUT2D eigenvalue weighted by Gasteiger charge is -2.29. The van der Waals surface area contributed by atoms with E-state index < -0.39 is 17.6 Å². The van der Waals surface area contributed by atoms with Crippen LogP contribution in [0.3, 0.4) is 0 Å². The Morgan fingerprint density at radius 2 is 1.59 bits per heavy atom. The van der Waals surface area contributed by atoms with Crippen LogP contribution in [0.1, 0.15) is 87.0 Å². The Labute approximate surface area is 188 Å². The molecule has 32 heavy (non-hydrogen) atoms. The fourth-order valence-corrected chi connectivity index (χ4v) is 4.84. The van der Waals surface area contributed by atoms with E-state index in [0.717, 1.165) is 42.4 Å². The van der Waals surface area contributed by atoms with Gasteiger partial charge in [0.25, 0.3) is 0 Å². The van der Waals surface area contributed by atoms with Gasteiger partial charge in [-0.05, 0) is 91.2 Å². The summed E-state index contributed by atoms with van der Waals surface area (Å²) in [6.07, 6.45) is 4.35. The van der Waals surface area contributed by atoms with Crippen molar-refractivity contribution in [2.24, 2.45) is 11.8 Å². The molecule has 0 bridgehead atoms. The standard InChI is InChI=1S/C27H33F5/c1-18(2)4-3-5-19-6-10-21(11-7-19)23-14-13-22(25(28)17-23)12-8-20-9-15-24(26(29)16-20)27(30,31)32/h9,13-19,21H,3-8,10-12H2,1-2H3. The number of halogens is 5. The highest BCUT2D eigenvalue weighted by Crippen LogP contribution is 2.38. The molecule has 0 radical (unpaired) electrons. The summed E-state index contributed by atoms with van der Waals surface area (Å²) in [6, 6.07) is 8.29. The third-order valence-corrected chi connectivity index (χ3v) is 6.81. The minimum atomic E-state index is -4.71. The average molecular weight is 453 g/mol. The maximum Gasteiger partial charge on any atom is 0.419 e. The van der Waals surface area contributed by atoms with Gasteiger partial charge in [-0.25, -0.2) is 8.78 Å². The topological polar surface area (TPSA) is 0 Å². The van der Waals surface area contributed by atoms with E-state index in [4.69, 9.17) is 0 Å². The molecule has 2 aromatic carbocycles. The molecule has 0 aliphatic heterocycles. The van der Waals surface area contributed by atoms with Crippen LogP contribution in [0.2, 0.25) is 0 Å². The maximum absolute atomic E-state index is 14.7. The predicted molar refractivity (Wildman–Crippen MR) is 119 cm³/mol. The van der Waals surface area contributed by atoms with Crippen LogP contribution in [-0.2, 0) is 19.0 Å². The third kappa shape index (κ3) is 6.79. The van der Waals surface area contributed by atoms with Crippen LogP contribution in [-0.4, -0.2) is 0 Å². The van der Waals surface area contributed by atoms with Gasteiger partial charge in [-0.2, -0.15) is 13.2 Å². The first-order valence-corrected chi connectivity index (χ1v) is 11.8. The average Bonchev–Trinajstić information content (AvgIpc) is 2.72. The first-order chi connectivity index (χ1) is 15.1. The predicted octanol–water partition coefficient (Wildman–Crippen LogP) is 8.87. The van der Waals surface area contributed by atoms with Crippen LogP contribution in [0.4, 0.5) is 22.0 Å². The molecule has 0 aromatic heterocycles. The van der Waals surface area contributed by atoms with Crippen molar-refractivity contribution in [3.63, 3.8) is 0 Å². The molecular weight excluding hydrogens is 419 g/mol. The Kier molecular flexibility index (Phi) is 8.35. The van der Waals surface area contributed by atoms with Crippen molar-refractivity contribution in [1.82, 2.24) is 0 Å². The number of hydrogen-bond donors (Lipinski definition) is 0. The van der Waals surface area contributed by atoms with Crippen molar-refractivity contribution in [3.8, 4) is 0 Å². The molecule has 0 amide bonds. The van der Waals surface area contributed by atoms with Gasteiger partial charge in [0.1, 0.15) is 11.6 Å². The fourth-order valence-electron chi connectivity index (χ4n) is 4.84. The second-order valence-corrected chi connectivity index (χ2v) is 9.71. The molecule has 0 saturated heterocycles. The van der Waals surface area contributed by atoms with Crippen LogP contribution in [0.5, 0.6) is 0 Å². The van der Waals surface area contributed by atoms with Crippen molar-refractivity contribution < 1.29 is 22.0 Å². The monoisotopic (exact) mass is 452 g/mol. The molecule has 0 atom stereocenters. The van der Waals surface area contributed by atoms with E-state index in [-0.39, 0.29) is 12.2 Å². The molecule has 2 aromatic rings. The van der Waals surface area contributed by atoms with Crippen LogP contribution in [0.15, 0.2) is 36.4 Å². The zero-order valence-electron chi connectivity index (χ0n) is 18.9. The van der Waals surface area contributed by atoms with Gasteiger partial charge in [0.05, 0.1) is 5.56 Å². The highest BCUT2D eigenvalue weighted by atomic mass is 19.4. The van der Waals surface area contributed by atoms with E-state index in [1.54, 1.807) is 12.1 Å². The second-order valence-electron chi connectivity index (χ2n) is 9.71. The quantitative estimate of drug-likeness (QED) is 0.351. The molecule has 3 rings (SSSR count). The normalized spacial score (nSPS) is 19.5. The minimum absolute atomic E-state index is 0.283. The first kappa shape index (κ1) is 24.7. The zero-order chi connectivity index (χ0) is 23.3. The van der Waals surface area contributed by atoms with Gasteiger partial charge >= 0.3 is 6.18 Å². The van der Waals surface area contributed by atoms with Crippen molar-refractivity contribution >= 4 is 0 Å². The van der Waals surface area contributed by atoms with Crippen LogP contribution < -0.4 is 0 Å². The van der Waals surface area contributed by atoms with Crippen molar-refractivity contribution in [2.75, 3.05) is 0 Å². The van der Waals surface area contributed by atoms with Crippen molar-refractivity contribution in [3.05, 3.63) is 70.3 Å². The lowest BCUT2D eigenvalue weighted by molar-refractivity contribution is -0.140. The largest absolute Gasteiger partial charge is 0.419 e. The van der Waals surface area contributed by atoms with Crippen LogP contribution >= 0.6 is 0 Å². The molecule has 5 heteroatoms. The van der Waals surface area contributed by atoms with Gasteiger partial charge in [-0.15, -0.1) is 0 Å². The summed E-state index contributed by atoms with van der Waals surface area (Å²) in [5, 5.41) is 0. The Hall–Kier alpha value is -1.91. The van der Waals surface area contributed by atoms with Crippen molar-refractivity contribution in [1.29, 1.82) is 0 Å². The van der Waals surface area contributed by atoms with E-state index in [1.165, 1.54) is 38.2 Å². The lowest BCUT2D eigenvalue weighted by Crippen LogP contribution is -2.14. The van der Waals surface area contributed by atoms with Crippen LogP contribution in [0, 0.1) is 23.5 Å². The van der Waals surface area contributed by atoms with Gasteiger partial charge in [-0.3, -0.25) is 0 Å². The number of rotatable bonds is 8. The second kappa shape index (κ2) is 10.8. The summed E-state index contributed by atoms with van der Waals surface area (Å²) >= 11 is 0. The molecule has 0 nitrogen and oxygen atoms in total. The van der Waals surface area contributed by atoms with Gasteiger partial charge in [0, 0.05) is 0 Å². The zero-order valence-corrected chi connectivity index (χ0v) is 18.9. The Morgan fingerprint density at radius 3 is 2.19 bits per heavy atom. The smallest absolute Gasteiger partial charge is 0.207 e. The Morgan fingerprint density at radius 1 is 0.875 bits per heavy atom. The number of hydrogen-bond acceptors (Lipinski definition) is 0. The molecule has 176 valence electrons. The van der Waals surface area contributed by atoms with E-state index in [0.29, 0.717) is 23.5 Å². The first-order valence-electron chi connectivity index (χ1n) is 11.8. The van der Waals surface area contributed by atoms with Gasteiger partial charge < -0.3 is 0 Å². The molecule has 0 spiro atoms. The lowest BCUT2D eigenvalue weighted by atomic mass is 9.76. The van der Waals surface area contributed by atoms with E-state index in [2.05, 4.69) is 13.8 Å². The molecular formula is C27H33F5. The Bertz CT molecular complexity index is 876. The molecule has 1 saturated carbocycles. The van der Waals surface area contributed by atoms with Crippen LogP contribution in [0.25, 0.3) is 0 Å². The molecule has 1 aliphatic carbocycles. The van der Waals surface area contributed by atoms with Crippen molar-refractivity contribution in [2.45, 2.75) is 83.7 Å². The molecule has 0 unspecified atom stereocenters. The number of alkyl halides is 3. The minimum Gasteiger partial charge on any atom is -0.207 e. The SMILES string of the molecule is CC(C)CCCC1CCC(c2ccc(CCc3ccc(C(F)(F)F)c(F)c3)c(F)c2)CC1. The summed E-state index contributed by atoms with van der Waals surface area (Å²) in [7, 11) is 0. The van der Waals surface area contributed by atoms with Gasteiger partial charge in [0.2, 0.25) is 0 Å². The maximum atomic E-state index is 14.7. The third-order valence-electron chi connectivity index (χ3n) is 6.81. The summed E-state index contributed by atoms with van der Waals surface area (Å²) in [4.78, 5) is 0. The highest BCUT2D eigenvalue weighted by Gasteiger charge is 2.33. The molecule has 1 fully saturated rings. The van der Waals surface area contributed by atoms with E-state index >= 15 is 0 Å². The summed E-state index contributed by atoms with van der Waals surface area (Å²) in [6.45, 7) is 4.52. The van der Waals surface area contributed by atoms with Gasteiger partial charge in [0.15, 0.2) is 0 Å². The van der Waals surface area contributed by atoms with E-state index in [9.17, 15) is 22.0 Å². The highest BCUT2D eigenvalue weighted by molar-refractivity contribution is 5.30. The molecule has 1 aliphatic rings. The summed E-state index contributed by atoms with van der Waals surface area (Å²) in [5.41, 5.74) is 0.699. The molecule has 0 N–H and O–H groups in total. The number of aryl methyl sites for hydroxylation is 2. The fraction of sp³-hybridized carbons (Fsp3) is 0.556. The summed E-state index contributed by atoms with van der Waals surface area (Å²) < 4.78 is 66.5. The van der Waals surface area contributed by atoms with E-state index in [1.807, 2.05) is 6.07 Å². The Balaban J connectivity index is 1.53.